The molecule has 0 radical (unpaired) electrons. The molecule has 0 N–H and O–H groups in total. The van der Waals surface area contributed by atoms with Crippen molar-refractivity contribution in [3.8, 4) is 5.75 Å². The van der Waals surface area contributed by atoms with Gasteiger partial charge in [-0.2, -0.15) is 0 Å². The van der Waals surface area contributed by atoms with Gasteiger partial charge >= 0.3 is 0 Å². The van der Waals surface area contributed by atoms with E-state index >= 15 is 0 Å². The highest BCUT2D eigenvalue weighted by Gasteiger charge is 2.11. The molecule has 0 saturated heterocycles. The minimum absolute atomic E-state index is 0.105. The first kappa shape index (κ1) is 13.7. The summed E-state index contributed by atoms with van der Waals surface area (Å²) < 4.78 is 5.51. The highest BCUT2D eigenvalue weighted by atomic mass is 79.9. The third-order valence-corrected chi connectivity index (χ3v) is 3.81. The van der Waals surface area contributed by atoms with Crippen LogP contribution in [0.1, 0.15) is 23.7 Å². The third-order valence-electron chi connectivity index (χ3n) is 2.08. The van der Waals surface area contributed by atoms with Gasteiger partial charge in [-0.15, -0.1) is 0 Å². The molecule has 0 heterocycles. The van der Waals surface area contributed by atoms with Crippen LogP contribution in [-0.2, 0) is 4.79 Å². The number of Topliss-reactive ketones (excluding diaryl/α,β-unsaturated/α-hetero) is 1. The molecule has 0 spiro atoms. The van der Waals surface area contributed by atoms with Crippen molar-refractivity contribution in [2.24, 2.45) is 0 Å². The topological polar surface area (TPSA) is 26.3 Å². The van der Waals surface area contributed by atoms with Crippen molar-refractivity contribution in [3.05, 3.63) is 29.8 Å². The molecule has 1 aromatic rings. The summed E-state index contributed by atoms with van der Waals surface area (Å²) in [5.74, 6) is 0.945. The molecule has 2 nitrogen and oxygen atoms in total. The Bertz CT molecular complexity index is 335. The molecule has 0 aliphatic rings. The van der Waals surface area contributed by atoms with Crippen molar-refractivity contribution < 1.29 is 9.53 Å². The fraction of sp³-hybridized carbons (Fsp3) is 0.417. The van der Waals surface area contributed by atoms with Crippen LogP contribution < -0.4 is 4.74 Å². The Morgan fingerprint density at radius 3 is 2.50 bits per heavy atom. The van der Waals surface area contributed by atoms with Crippen LogP contribution in [0.5, 0.6) is 5.75 Å². The summed E-state index contributed by atoms with van der Waals surface area (Å²) in [6, 6.07) is 7.59. The standard InChI is InChI=1S/C12H14Br2O2/c1-9(15)12(14)10-3-5-11(6-4-10)16-8-2-7-13/h3-6,12H,2,7-8H2,1H3/t12-/m0/s1. The van der Waals surface area contributed by atoms with E-state index in [1.165, 1.54) is 0 Å². The zero-order chi connectivity index (χ0) is 12.0. The molecule has 0 saturated carbocycles. The predicted molar refractivity (Wildman–Crippen MR) is 72.7 cm³/mol. The van der Waals surface area contributed by atoms with E-state index in [0.717, 1.165) is 23.1 Å². The summed E-state index contributed by atoms with van der Waals surface area (Å²) in [6.45, 7) is 2.27. The minimum atomic E-state index is -0.218. The lowest BCUT2D eigenvalue weighted by atomic mass is 10.1. The number of carbonyl (C=O) groups is 1. The first-order valence-corrected chi connectivity index (χ1v) is 7.12. The zero-order valence-corrected chi connectivity index (χ0v) is 12.3. The molecule has 0 amide bonds. The minimum Gasteiger partial charge on any atom is -0.494 e. The molecule has 0 aliphatic heterocycles. The second kappa shape index (κ2) is 7.07. The Kier molecular flexibility index (Phi) is 6.06. The number of carbonyl (C=O) groups excluding carboxylic acids is 1. The second-order valence-corrected chi connectivity index (χ2v) is 5.14. The van der Waals surface area contributed by atoms with Crippen LogP contribution in [0, 0.1) is 0 Å². The van der Waals surface area contributed by atoms with Crippen LogP contribution in [0.15, 0.2) is 24.3 Å². The van der Waals surface area contributed by atoms with Crippen LogP contribution in [0.25, 0.3) is 0 Å². The van der Waals surface area contributed by atoms with E-state index in [-0.39, 0.29) is 10.6 Å². The molecular formula is C12H14Br2O2. The van der Waals surface area contributed by atoms with Crippen molar-refractivity contribution in [1.82, 2.24) is 0 Å². The molecule has 0 aliphatic carbocycles. The fourth-order valence-corrected chi connectivity index (χ4v) is 1.75. The maximum atomic E-state index is 11.2. The number of alkyl halides is 2. The van der Waals surface area contributed by atoms with Gasteiger partial charge in [-0.25, -0.2) is 0 Å². The predicted octanol–water partition coefficient (Wildman–Crippen LogP) is 3.88. The summed E-state index contributed by atoms with van der Waals surface area (Å²) in [5, 5.41) is 0.943. The highest BCUT2D eigenvalue weighted by molar-refractivity contribution is 9.09. The van der Waals surface area contributed by atoms with Crippen LogP contribution in [0.2, 0.25) is 0 Å². The lowest BCUT2D eigenvalue weighted by Gasteiger charge is -2.08. The monoisotopic (exact) mass is 348 g/mol. The number of halogens is 2. The SMILES string of the molecule is CC(=O)[C@H](Br)c1ccc(OCCCBr)cc1. The van der Waals surface area contributed by atoms with Crippen LogP contribution in [-0.4, -0.2) is 17.7 Å². The molecule has 4 heteroatoms. The average Bonchev–Trinajstić information content (AvgIpc) is 2.29. The fourth-order valence-electron chi connectivity index (χ4n) is 1.21. The zero-order valence-electron chi connectivity index (χ0n) is 9.08. The number of ketones is 1. The number of rotatable bonds is 6. The third kappa shape index (κ3) is 4.26. The molecule has 0 aromatic heterocycles. The van der Waals surface area contributed by atoms with Crippen LogP contribution in [0.3, 0.4) is 0 Å². The first-order valence-electron chi connectivity index (χ1n) is 5.08. The lowest BCUT2D eigenvalue weighted by molar-refractivity contribution is -0.116. The molecule has 16 heavy (non-hydrogen) atoms. The Morgan fingerprint density at radius 1 is 1.38 bits per heavy atom. The molecule has 1 aromatic carbocycles. The van der Waals surface area contributed by atoms with Crippen LogP contribution >= 0.6 is 31.9 Å². The molecule has 88 valence electrons. The molecule has 0 bridgehead atoms. The van der Waals surface area contributed by atoms with E-state index in [4.69, 9.17) is 4.74 Å². The molecule has 0 fully saturated rings. The molecular weight excluding hydrogens is 336 g/mol. The van der Waals surface area contributed by atoms with Gasteiger partial charge in [0.1, 0.15) is 11.5 Å². The van der Waals surface area contributed by atoms with Gasteiger partial charge in [0.05, 0.1) is 11.4 Å². The molecule has 0 unspecified atom stereocenters. The van der Waals surface area contributed by atoms with Gasteiger partial charge in [0.2, 0.25) is 0 Å². The summed E-state index contributed by atoms with van der Waals surface area (Å²) in [7, 11) is 0. The van der Waals surface area contributed by atoms with Gasteiger partial charge in [-0.3, -0.25) is 4.79 Å². The highest BCUT2D eigenvalue weighted by Crippen LogP contribution is 2.25. The van der Waals surface area contributed by atoms with Gasteiger partial charge in [-0.1, -0.05) is 44.0 Å². The summed E-state index contributed by atoms with van der Waals surface area (Å²) in [6.07, 6.45) is 0.982. The smallest absolute Gasteiger partial charge is 0.147 e. The number of ether oxygens (including phenoxy) is 1. The Balaban J connectivity index is 2.57. The number of hydrogen-bond donors (Lipinski definition) is 0. The molecule has 1 rings (SSSR count). The van der Waals surface area contributed by atoms with E-state index in [1.54, 1.807) is 6.92 Å². The Labute approximate surface area is 113 Å². The largest absolute Gasteiger partial charge is 0.494 e. The van der Waals surface area contributed by atoms with Crippen LogP contribution in [0.4, 0.5) is 0 Å². The quantitative estimate of drug-likeness (QED) is 0.575. The van der Waals surface area contributed by atoms with Gasteiger partial charge in [-0.05, 0) is 31.0 Å². The molecule has 1 atom stereocenters. The van der Waals surface area contributed by atoms with Gasteiger partial charge in [0, 0.05) is 5.33 Å². The van der Waals surface area contributed by atoms with E-state index in [2.05, 4.69) is 31.9 Å². The van der Waals surface area contributed by atoms with Gasteiger partial charge < -0.3 is 4.74 Å². The van der Waals surface area contributed by atoms with Crippen molar-refractivity contribution in [2.75, 3.05) is 11.9 Å². The van der Waals surface area contributed by atoms with Gasteiger partial charge in [0.25, 0.3) is 0 Å². The first-order chi connectivity index (χ1) is 7.65. The van der Waals surface area contributed by atoms with E-state index in [1.807, 2.05) is 24.3 Å². The second-order valence-electron chi connectivity index (χ2n) is 3.43. The van der Waals surface area contributed by atoms with Crippen molar-refractivity contribution >= 4 is 37.6 Å². The van der Waals surface area contributed by atoms with Crippen molar-refractivity contribution in [3.63, 3.8) is 0 Å². The van der Waals surface area contributed by atoms with E-state index in [0.29, 0.717) is 6.61 Å². The Morgan fingerprint density at radius 2 is 2.00 bits per heavy atom. The van der Waals surface area contributed by atoms with Crippen molar-refractivity contribution in [2.45, 2.75) is 18.2 Å². The van der Waals surface area contributed by atoms with E-state index < -0.39 is 0 Å². The summed E-state index contributed by atoms with van der Waals surface area (Å²) in [5.41, 5.74) is 0.959. The average molecular weight is 350 g/mol. The Hall–Kier alpha value is -0.350. The lowest BCUT2D eigenvalue weighted by Crippen LogP contribution is -2.01. The number of benzene rings is 1. The summed E-state index contributed by atoms with van der Waals surface area (Å²) >= 11 is 6.69. The summed E-state index contributed by atoms with van der Waals surface area (Å²) in [4.78, 5) is 10.9. The maximum absolute atomic E-state index is 11.2. The number of hydrogen-bond acceptors (Lipinski definition) is 2. The van der Waals surface area contributed by atoms with Crippen molar-refractivity contribution in [1.29, 1.82) is 0 Å². The maximum Gasteiger partial charge on any atom is 0.147 e. The normalized spacial score (nSPS) is 12.2. The van der Waals surface area contributed by atoms with E-state index in [9.17, 15) is 4.79 Å². The van der Waals surface area contributed by atoms with Gasteiger partial charge in [0.15, 0.2) is 0 Å².